The van der Waals surface area contributed by atoms with E-state index in [1.165, 1.54) is 0 Å². The molecule has 3 aliphatic rings. The van der Waals surface area contributed by atoms with Gasteiger partial charge >= 0.3 is 167 Å². The number of benzene rings is 4. The fourth-order valence-electron chi connectivity index (χ4n) is 4.95. The summed E-state index contributed by atoms with van der Waals surface area (Å²) in [6.07, 6.45) is 0. The average Bonchev–Trinajstić information content (AvgIpc) is 3.33. The molecule has 0 N–H and O–H groups in total. The molecular formula is C24H16O4P-. The Labute approximate surface area is 167 Å². The van der Waals surface area contributed by atoms with E-state index in [-0.39, 0.29) is 0 Å². The van der Waals surface area contributed by atoms with E-state index in [0.717, 1.165) is 21.7 Å². The molecule has 5 heteroatoms. The van der Waals surface area contributed by atoms with E-state index in [0.29, 0.717) is 23.0 Å². The SMILES string of the molecule is c1ccc2c(c1)O[P-]13(O2)(Oc2ccccc2O1)c1ccccc1-c1ccccc13. The molecule has 0 fully saturated rings. The molecule has 3 heterocycles. The summed E-state index contributed by atoms with van der Waals surface area (Å²) in [6, 6.07) is 31.4. The van der Waals surface area contributed by atoms with Crippen molar-refractivity contribution in [3.63, 3.8) is 0 Å². The normalized spacial score (nSPS) is 21.5. The molecule has 0 atom stereocenters. The Morgan fingerprint density at radius 3 is 1.07 bits per heavy atom. The van der Waals surface area contributed by atoms with Crippen molar-refractivity contribution in [2.45, 2.75) is 0 Å². The molecule has 29 heavy (non-hydrogen) atoms. The summed E-state index contributed by atoms with van der Waals surface area (Å²) < 4.78 is 27.6. The molecule has 142 valence electrons. The van der Waals surface area contributed by atoms with E-state index in [9.17, 15) is 0 Å². The Kier molecular flexibility index (Phi) is 2.34. The van der Waals surface area contributed by atoms with Crippen LogP contribution in [0.15, 0.2) is 97.1 Å². The van der Waals surface area contributed by atoms with Crippen LogP contribution in [0.5, 0.6) is 23.0 Å². The van der Waals surface area contributed by atoms with Gasteiger partial charge in [-0.05, 0) is 0 Å². The summed E-state index contributed by atoms with van der Waals surface area (Å²) in [5.41, 5.74) is 2.00. The van der Waals surface area contributed by atoms with Crippen LogP contribution in [-0.4, -0.2) is 0 Å². The molecule has 0 unspecified atom stereocenters. The van der Waals surface area contributed by atoms with Crippen LogP contribution < -0.4 is 28.7 Å². The zero-order valence-electron chi connectivity index (χ0n) is 15.3. The van der Waals surface area contributed by atoms with Crippen LogP contribution in [0.3, 0.4) is 0 Å². The van der Waals surface area contributed by atoms with E-state index in [1.54, 1.807) is 0 Å². The van der Waals surface area contributed by atoms with Gasteiger partial charge in [0.1, 0.15) is 0 Å². The number of fused-ring (bicyclic) bond motifs is 5. The zero-order valence-corrected chi connectivity index (χ0v) is 16.2. The first-order valence-corrected chi connectivity index (χ1v) is 11.9. The molecule has 0 saturated carbocycles. The number of hydrogen-bond acceptors (Lipinski definition) is 4. The van der Waals surface area contributed by atoms with Crippen LogP contribution in [0.1, 0.15) is 0 Å². The maximum atomic E-state index is 6.90. The van der Waals surface area contributed by atoms with Gasteiger partial charge in [-0.3, -0.25) is 0 Å². The van der Waals surface area contributed by atoms with Crippen molar-refractivity contribution in [1.29, 1.82) is 0 Å². The second-order valence-corrected chi connectivity index (χ2v) is 11.9. The van der Waals surface area contributed by atoms with Crippen LogP contribution in [-0.2, 0) is 0 Å². The van der Waals surface area contributed by atoms with E-state index >= 15 is 0 Å². The van der Waals surface area contributed by atoms with Gasteiger partial charge in [-0.1, -0.05) is 0 Å². The van der Waals surface area contributed by atoms with Gasteiger partial charge in [0, 0.05) is 0 Å². The average molecular weight is 399 g/mol. The molecule has 0 amide bonds. The summed E-state index contributed by atoms with van der Waals surface area (Å²) in [7, 11) is 0. The first kappa shape index (κ1) is 15.4. The van der Waals surface area contributed by atoms with E-state index < -0.39 is 6.85 Å². The Balaban J connectivity index is 1.71. The topological polar surface area (TPSA) is 36.9 Å². The third-order valence-corrected chi connectivity index (χ3v) is 11.3. The zero-order chi connectivity index (χ0) is 19.2. The molecule has 7 rings (SSSR count). The number of hydrogen-bond donors (Lipinski definition) is 0. The third kappa shape index (κ3) is 1.45. The molecule has 0 saturated heterocycles. The third-order valence-electron chi connectivity index (χ3n) is 6.03. The van der Waals surface area contributed by atoms with Crippen molar-refractivity contribution in [3.8, 4) is 34.1 Å². The predicted molar refractivity (Wildman–Crippen MR) is 113 cm³/mol. The van der Waals surface area contributed by atoms with Gasteiger partial charge in [-0.2, -0.15) is 0 Å². The van der Waals surface area contributed by atoms with Crippen molar-refractivity contribution in [2.75, 3.05) is 0 Å². The summed E-state index contributed by atoms with van der Waals surface area (Å²) >= 11 is 0. The Bertz CT molecular complexity index is 1210. The van der Waals surface area contributed by atoms with E-state index in [2.05, 4.69) is 12.1 Å². The van der Waals surface area contributed by atoms with Gasteiger partial charge in [0.25, 0.3) is 0 Å². The quantitative estimate of drug-likeness (QED) is 0.376. The fourth-order valence-corrected chi connectivity index (χ4v) is 10.8. The summed E-state index contributed by atoms with van der Waals surface area (Å²) in [5, 5.41) is 1.59. The van der Waals surface area contributed by atoms with E-state index in [4.69, 9.17) is 18.1 Å². The standard InChI is InChI=1S/C24H16O4P/c1-7-15-23-17(9-1)18-10-2-8-16-24(18)29(23,25-19-11-3-4-12-20(19)26-29)27-21-13-5-6-14-22(21)28-29/h1-16H/q-1. The molecule has 4 nitrogen and oxygen atoms in total. The van der Waals surface area contributed by atoms with Crippen molar-refractivity contribution < 1.29 is 18.1 Å². The second-order valence-electron chi connectivity index (χ2n) is 7.58. The molecule has 0 bridgehead atoms. The molecule has 3 aliphatic heterocycles. The summed E-state index contributed by atoms with van der Waals surface area (Å²) in [4.78, 5) is 0. The van der Waals surface area contributed by atoms with Crippen LogP contribution in [0.25, 0.3) is 11.1 Å². The van der Waals surface area contributed by atoms with Crippen molar-refractivity contribution in [2.24, 2.45) is 0 Å². The maximum absolute atomic E-state index is 6.90. The van der Waals surface area contributed by atoms with Crippen LogP contribution in [0.2, 0.25) is 0 Å². The molecule has 0 radical (unpaired) electrons. The second kappa shape index (κ2) is 4.40. The Hall–Kier alpha value is -3.49. The van der Waals surface area contributed by atoms with Gasteiger partial charge in [0.2, 0.25) is 0 Å². The van der Waals surface area contributed by atoms with E-state index in [1.807, 2.05) is 84.9 Å². The predicted octanol–water partition coefficient (Wildman–Crippen LogP) is 5.31. The fraction of sp³-hybridized carbons (Fsp3) is 0. The van der Waals surface area contributed by atoms with Gasteiger partial charge < -0.3 is 0 Å². The molecule has 1 spiro atoms. The van der Waals surface area contributed by atoms with Crippen molar-refractivity contribution >= 4 is 17.5 Å². The molecule has 4 aromatic carbocycles. The van der Waals surface area contributed by atoms with Crippen molar-refractivity contribution in [1.82, 2.24) is 0 Å². The van der Waals surface area contributed by atoms with Gasteiger partial charge in [-0.15, -0.1) is 0 Å². The molecular weight excluding hydrogens is 383 g/mol. The Morgan fingerprint density at radius 2 is 0.690 bits per heavy atom. The minimum absolute atomic E-state index is 0.613. The number of rotatable bonds is 0. The monoisotopic (exact) mass is 399 g/mol. The van der Waals surface area contributed by atoms with Gasteiger partial charge in [0.05, 0.1) is 0 Å². The van der Waals surface area contributed by atoms with Crippen LogP contribution >= 0.6 is 6.85 Å². The molecule has 4 aromatic rings. The first-order chi connectivity index (χ1) is 14.2. The van der Waals surface area contributed by atoms with Crippen LogP contribution in [0, 0.1) is 0 Å². The molecule has 0 aromatic heterocycles. The van der Waals surface area contributed by atoms with Crippen LogP contribution in [0.4, 0.5) is 0 Å². The minimum atomic E-state index is -5.15. The van der Waals surface area contributed by atoms with Gasteiger partial charge in [-0.25, -0.2) is 0 Å². The summed E-state index contributed by atoms with van der Waals surface area (Å²) in [5.74, 6) is 2.45. The first-order valence-electron chi connectivity index (χ1n) is 9.55. The van der Waals surface area contributed by atoms with Gasteiger partial charge in [0.15, 0.2) is 0 Å². The van der Waals surface area contributed by atoms with Crippen molar-refractivity contribution in [3.05, 3.63) is 97.1 Å². The molecule has 0 aliphatic carbocycles. The Morgan fingerprint density at radius 1 is 0.379 bits per heavy atom. The summed E-state index contributed by atoms with van der Waals surface area (Å²) in [6.45, 7) is -5.15. The number of para-hydroxylation sites is 4.